The molecule has 1 aliphatic rings. The van der Waals surface area contributed by atoms with Crippen molar-refractivity contribution in [3.63, 3.8) is 0 Å². The molecule has 1 atom stereocenters. The molecule has 2 N–H and O–H groups in total. The number of aromatic carboxylic acids is 1. The number of nitrogens with one attached hydrogen (secondary N) is 1. The highest BCUT2D eigenvalue weighted by Crippen LogP contribution is 2.34. The van der Waals surface area contributed by atoms with Gasteiger partial charge in [0, 0.05) is 12.0 Å². The Kier molecular flexibility index (Phi) is 3.48. The van der Waals surface area contributed by atoms with E-state index < -0.39 is 11.8 Å². The van der Waals surface area contributed by atoms with E-state index in [1.807, 2.05) is 24.3 Å². The molecule has 1 unspecified atom stereocenters. The van der Waals surface area contributed by atoms with Crippen LogP contribution in [0.15, 0.2) is 42.5 Å². The number of carboxylic acids is 1. The van der Waals surface area contributed by atoms with Crippen LogP contribution < -0.4 is 10.1 Å². The van der Waals surface area contributed by atoms with Gasteiger partial charge in [-0.15, -0.1) is 0 Å². The average Bonchev–Trinajstić information content (AvgIpc) is 2.49. The van der Waals surface area contributed by atoms with Crippen molar-refractivity contribution in [2.24, 2.45) is 0 Å². The summed E-state index contributed by atoms with van der Waals surface area (Å²) in [7, 11) is 0. The number of para-hydroxylation sites is 1. The van der Waals surface area contributed by atoms with Crippen LogP contribution in [-0.2, 0) is 0 Å². The molecule has 2 aromatic rings. The van der Waals surface area contributed by atoms with E-state index in [-0.39, 0.29) is 17.3 Å². The smallest absolute Gasteiger partial charge is 0.335 e. The van der Waals surface area contributed by atoms with E-state index in [1.165, 1.54) is 12.1 Å². The van der Waals surface area contributed by atoms with E-state index in [1.54, 1.807) is 0 Å². The Morgan fingerprint density at radius 2 is 2.10 bits per heavy atom. The van der Waals surface area contributed by atoms with Crippen molar-refractivity contribution in [3.05, 3.63) is 59.4 Å². The Bertz CT molecular complexity index is 687. The second-order valence-corrected chi connectivity index (χ2v) is 4.87. The highest BCUT2D eigenvalue weighted by molar-refractivity contribution is 5.88. The normalized spacial score (nSPS) is 16.7. The lowest BCUT2D eigenvalue weighted by Crippen LogP contribution is -2.21. The SMILES string of the molecule is O=C(O)c1ccc(F)c(NC2CCOc3ccccc32)c1. The van der Waals surface area contributed by atoms with Crippen LogP contribution in [0.5, 0.6) is 5.75 Å². The highest BCUT2D eigenvalue weighted by Gasteiger charge is 2.22. The third-order valence-corrected chi connectivity index (χ3v) is 3.50. The predicted molar refractivity (Wildman–Crippen MR) is 76.3 cm³/mol. The van der Waals surface area contributed by atoms with Gasteiger partial charge < -0.3 is 15.2 Å². The Labute approximate surface area is 121 Å². The molecule has 4 nitrogen and oxygen atoms in total. The molecule has 1 aliphatic heterocycles. The summed E-state index contributed by atoms with van der Waals surface area (Å²) in [6.45, 7) is 0.537. The summed E-state index contributed by atoms with van der Waals surface area (Å²) in [6, 6.07) is 11.2. The third kappa shape index (κ3) is 2.67. The molecule has 108 valence electrons. The maximum Gasteiger partial charge on any atom is 0.335 e. The fraction of sp³-hybridized carbons (Fsp3) is 0.188. The Morgan fingerprint density at radius 1 is 1.29 bits per heavy atom. The minimum atomic E-state index is -1.08. The lowest BCUT2D eigenvalue weighted by Gasteiger charge is -2.27. The van der Waals surface area contributed by atoms with Crippen LogP contribution in [0.4, 0.5) is 10.1 Å². The molecular weight excluding hydrogens is 273 g/mol. The summed E-state index contributed by atoms with van der Waals surface area (Å²) in [5.41, 5.74) is 1.19. The van der Waals surface area contributed by atoms with E-state index in [0.29, 0.717) is 13.0 Å². The molecule has 0 fully saturated rings. The maximum atomic E-state index is 13.9. The number of carbonyl (C=O) groups is 1. The van der Waals surface area contributed by atoms with E-state index >= 15 is 0 Å². The number of rotatable bonds is 3. The van der Waals surface area contributed by atoms with Gasteiger partial charge in [-0.25, -0.2) is 9.18 Å². The zero-order valence-corrected chi connectivity index (χ0v) is 11.2. The standard InChI is InChI=1S/C16H14FNO3/c17-12-6-5-10(16(19)20)9-14(12)18-13-7-8-21-15-4-2-1-3-11(13)15/h1-6,9,13,18H,7-8H2,(H,19,20). The minimum Gasteiger partial charge on any atom is -0.493 e. The van der Waals surface area contributed by atoms with Gasteiger partial charge in [-0.1, -0.05) is 18.2 Å². The second-order valence-electron chi connectivity index (χ2n) is 4.87. The van der Waals surface area contributed by atoms with Gasteiger partial charge in [0.05, 0.1) is 23.9 Å². The third-order valence-electron chi connectivity index (χ3n) is 3.50. The highest BCUT2D eigenvalue weighted by atomic mass is 19.1. The van der Waals surface area contributed by atoms with E-state index in [4.69, 9.17) is 9.84 Å². The number of hydrogen-bond acceptors (Lipinski definition) is 3. The van der Waals surface area contributed by atoms with Crippen LogP contribution in [0.2, 0.25) is 0 Å². The van der Waals surface area contributed by atoms with E-state index in [9.17, 15) is 9.18 Å². The molecule has 0 radical (unpaired) electrons. The second kappa shape index (κ2) is 5.44. The summed E-state index contributed by atoms with van der Waals surface area (Å²) >= 11 is 0. The van der Waals surface area contributed by atoms with Crippen molar-refractivity contribution in [1.29, 1.82) is 0 Å². The van der Waals surface area contributed by atoms with Crippen molar-refractivity contribution in [3.8, 4) is 5.75 Å². The largest absolute Gasteiger partial charge is 0.493 e. The van der Waals surface area contributed by atoms with Crippen LogP contribution in [0.25, 0.3) is 0 Å². The van der Waals surface area contributed by atoms with Gasteiger partial charge in [0.1, 0.15) is 11.6 Å². The Morgan fingerprint density at radius 3 is 2.90 bits per heavy atom. The fourth-order valence-corrected chi connectivity index (χ4v) is 2.45. The molecule has 0 saturated heterocycles. The summed E-state index contributed by atoms with van der Waals surface area (Å²) in [5, 5.41) is 12.1. The monoisotopic (exact) mass is 287 g/mol. The number of hydrogen-bond donors (Lipinski definition) is 2. The van der Waals surface area contributed by atoms with Crippen LogP contribution in [0, 0.1) is 5.82 Å². The zero-order valence-electron chi connectivity index (χ0n) is 11.2. The topological polar surface area (TPSA) is 58.6 Å². The molecule has 0 bridgehead atoms. The molecule has 0 spiro atoms. The van der Waals surface area contributed by atoms with E-state index in [0.717, 1.165) is 17.4 Å². The quantitative estimate of drug-likeness (QED) is 0.907. The van der Waals surface area contributed by atoms with Crippen LogP contribution >= 0.6 is 0 Å². The van der Waals surface area contributed by atoms with Crippen molar-refractivity contribution in [1.82, 2.24) is 0 Å². The Balaban J connectivity index is 1.91. The molecular formula is C16H14FNO3. The molecule has 1 heterocycles. The van der Waals surface area contributed by atoms with Gasteiger partial charge in [0.2, 0.25) is 0 Å². The first-order valence-electron chi connectivity index (χ1n) is 6.66. The van der Waals surface area contributed by atoms with Gasteiger partial charge >= 0.3 is 5.97 Å². The van der Waals surface area contributed by atoms with Gasteiger partial charge in [-0.05, 0) is 24.3 Å². The molecule has 0 aliphatic carbocycles. The molecule has 21 heavy (non-hydrogen) atoms. The molecule has 0 saturated carbocycles. The van der Waals surface area contributed by atoms with Crippen LogP contribution in [-0.4, -0.2) is 17.7 Å². The number of carboxylic acid groups (broad SMARTS) is 1. The Hall–Kier alpha value is -2.56. The summed E-state index contributed by atoms with van der Waals surface area (Å²) in [6.07, 6.45) is 0.688. The molecule has 0 amide bonds. The lowest BCUT2D eigenvalue weighted by atomic mass is 10.00. The summed E-state index contributed by atoms with van der Waals surface area (Å²) < 4.78 is 19.4. The van der Waals surface area contributed by atoms with Gasteiger partial charge in [0.15, 0.2) is 0 Å². The number of ether oxygens (including phenoxy) is 1. The first-order chi connectivity index (χ1) is 10.1. The first kappa shape index (κ1) is 13.4. The van der Waals surface area contributed by atoms with Gasteiger partial charge in [-0.2, -0.15) is 0 Å². The van der Waals surface area contributed by atoms with Crippen molar-refractivity contribution in [2.75, 3.05) is 11.9 Å². The molecule has 3 rings (SSSR count). The number of fused-ring (bicyclic) bond motifs is 1. The molecule has 0 aromatic heterocycles. The number of halogens is 1. The number of anilines is 1. The van der Waals surface area contributed by atoms with Gasteiger partial charge in [0.25, 0.3) is 0 Å². The van der Waals surface area contributed by atoms with Crippen molar-refractivity contribution >= 4 is 11.7 Å². The fourth-order valence-electron chi connectivity index (χ4n) is 2.45. The minimum absolute atomic E-state index is 0.0549. The maximum absolute atomic E-state index is 13.9. The predicted octanol–water partition coefficient (Wildman–Crippen LogP) is 3.46. The lowest BCUT2D eigenvalue weighted by molar-refractivity contribution is 0.0697. The molecule has 5 heteroatoms. The van der Waals surface area contributed by atoms with E-state index in [2.05, 4.69) is 5.32 Å². The van der Waals surface area contributed by atoms with Crippen molar-refractivity contribution < 1.29 is 19.0 Å². The van der Waals surface area contributed by atoms with Crippen molar-refractivity contribution in [2.45, 2.75) is 12.5 Å². The van der Waals surface area contributed by atoms with Crippen LogP contribution in [0.1, 0.15) is 28.4 Å². The first-order valence-corrected chi connectivity index (χ1v) is 6.66. The van der Waals surface area contributed by atoms with Gasteiger partial charge in [-0.3, -0.25) is 0 Å². The number of benzene rings is 2. The average molecular weight is 287 g/mol. The van der Waals surface area contributed by atoms with Crippen LogP contribution in [0.3, 0.4) is 0 Å². The zero-order chi connectivity index (χ0) is 14.8. The summed E-state index contributed by atoms with van der Waals surface area (Å²) in [5.74, 6) is -0.773. The summed E-state index contributed by atoms with van der Waals surface area (Å²) in [4.78, 5) is 11.0. The molecule has 2 aromatic carbocycles.